The molecule has 0 bridgehead atoms. The number of benzene rings is 2. The maximum atomic E-state index is 10.6. The van der Waals surface area contributed by atoms with Gasteiger partial charge in [0.05, 0.1) is 4.92 Å². The molecular formula is C16H18N2O2S. The van der Waals surface area contributed by atoms with Gasteiger partial charge in [-0.3, -0.25) is 10.1 Å². The van der Waals surface area contributed by atoms with Crippen LogP contribution in [-0.4, -0.2) is 11.0 Å². The lowest BCUT2D eigenvalue weighted by Crippen LogP contribution is -2.21. The van der Waals surface area contributed by atoms with Crippen LogP contribution < -0.4 is 5.32 Å². The van der Waals surface area contributed by atoms with Gasteiger partial charge < -0.3 is 5.32 Å². The largest absolute Gasteiger partial charge is 0.310 e. The molecule has 4 nitrogen and oxygen atoms in total. The molecule has 0 aliphatic rings. The van der Waals surface area contributed by atoms with Crippen molar-refractivity contribution in [3.8, 4) is 0 Å². The fourth-order valence-electron chi connectivity index (χ4n) is 1.77. The van der Waals surface area contributed by atoms with E-state index < -0.39 is 0 Å². The summed E-state index contributed by atoms with van der Waals surface area (Å²) in [7, 11) is 0. The molecule has 0 aromatic heterocycles. The van der Waals surface area contributed by atoms with Gasteiger partial charge in [-0.2, -0.15) is 0 Å². The molecule has 0 spiro atoms. The van der Waals surface area contributed by atoms with Gasteiger partial charge in [0.25, 0.3) is 5.69 Å². The zero-order chi connectivity index (χ0) is 15.2. The highest BCUT2D eigenvalue weighted by molar-refractivity contribution is 7.99. The molecule has 2 aromatic carbocycles. The number of rotatable bonds is 6. The van der Waals surface area contributed by atoms with Gasteiger partial charge in [0, 0.05) is 34.5 Å². The van der Waals surface area contributed by atoms with Crippen molar-refractivity contribution >= 4 is 17.4 Å². The van der Waals surface area contributed by atoms with Crippen LogP contribution in [0.25, 0.3) is 0 Å². The fraction of sp³-hybridized carbons (Fsp3) is 0.250. The third-order valence-corrected chi connectivity index (χ3v) is 3.94. The van der Waals surface area contributed by atoms with Crippen LogP contribution in [0.15, 0.2) is 58.3 Å². The minimum absolute atomic E-state index is 0.120. The lowest BCUT2D eigenvalue weighted by Gasteiger charge is -2.08. The van der Waals surface area contributed by atoms with Crippen molar-refractivity contribution < 1.29 is 4.92 Å². The van der Waals surface area contributed by atoms with Gasteiger partial charge in [-0.25, -0.2) is 0 Å². The molecule has 0 fully saturated rings. The first-order valence-electron chi connectivity index (χ1n) is 6.79. The quantitative estimate of drug-likeness (QED) is 0.640. The Labute approximate surface area is 128 Å². The molecule has 0 saturated heterocycles. The highest BCUT2D eigenvalue weighted by Crippen LogP contribution is 2.29. The average Bonchev–Trinajstić information content (AvgIpc) is 2.47. The first-order chi connectivity index (χ1) is 10.0. The van der Waals surface area contributed by atoms with Gasteiger partial charge >= 0.3 is 0 Å². The molecule has 110 valence electrons. The second-order valence-electron chi connectivity index (χ2n) is 5.03. The lowest BCUT2D eigenvalue weighted by atomic mass is 10.2. The van der Waals surface area contributed by atoms with Gasteiger partial charge in [0.15, 0.2) is 0 Å². The van der Waals surface area contributed by atoms with E-state index >= 15 is 0 Å². The maximum Gasteiger partial charge on any atom is 0.269 e. The lowest BCUT2D eigenvalue weighted by molar-refractivity contribution is -0.384. The Morgan fingerprint density at radius 2 is 1.57 bits per heavy atom. The van der Waals surface area contributed by atoms with Gasteiger partial charge in [-0.15, -0.1) is 0 Å². The summed E-state index contributed by atoms with van der Waals surface area (Å²) in [6, 6.07) is 15.4. The van der Waals surface area contributed by atoms with E-state index in [1.54, 1.807) is 23.9 Å². The SMILES string of the molecule is CC(C)NCc1ccc(Sc2ccc([N+](=O)[O-])cc2)cc1. The summed E-state index contributed by atoms with van der Waals surface area (Å²) < 4.78 is 0. The zero-order valence-corrected chi connectivity index (χ0v) is 12.9. The molecule has 21 heavy (non-hydrogen) atoms. The van der Waals surface area contributed by atoms with E-state index in [9.17, 15) is 10.1 Å². The van der Waals surface area contributed by atoms with E-state index in [1.165, 1.54) is 17.7 Å². The topological polar surface area (TPSA) is 55.2 Å². The highest BCUT2D eigenvalue weighted by atomic mass is 32.2. The normalized spacial score (nSPS) is 10.8. The minimum atomic E-state index is -0.384. The highest BCUT2D eigenvalue weighted by Gasteiger charge is 2.05. The summed E-state index contributed by atoms with van der Waals surface area (Å²) in [4.78, 5) is 12.3. The molecule has 0 aliphatic carbocycles. The molecular weight excluding hydrogens is 284 g/mol. The zero-order valence-electron chi connectivity index (χ0n) is 12.1. The number of non-ortho nitro benzene ring substituents is 1. The Balaban J connectivity index is 1.98. The van der Waals surface area contributed by atoms with E-state index in [-0.39, 0.29) is 10.6 Å². The molecule has 5 heteroatoms. The Morgan fingerprint density at radius 3 is 2.05 bits per heavy atom. The molecule has 0 atom stereocenters. The summed E-state index contributed by atoms with van der Waals surface area (Å²) in [5, 5.41) is 14.0. The molecule has 0 unspecified atom stereocenters. The average molecular weight is 302 g/mol. The number of nitro benzene ring substituents is 1. The van der Waals surface area contributed by atoms with E-state index in [2.05, 4.69) is 43.4 Å². The van der Waals surface area contributed by atoms with Gasteiger partial charge in [0.1, 0.15) is 0 Å². The van der Waals surface area contributed by atoms with Crippen LogP contribution in [0.5, 0.6) is 0 Å². The monoisotopic (exact) mass is 302 g/mol. The summed E-state index contributed by atoms with van der Waals surface area (Å²) in [6.45, 7) is 5.11. The molecule has 0 radical (unpaired) electrons. The molecule has 2 aromatic rings. The van der Waals surface area contributed by atoms with Gasteiger partial charge in [0.2, 0.25) is 0 Å². The smallest absolute Gasteiger partial charge is 0.269 e. The van der Waals surface area contributed by atoms with Crippen molar-refractivity contribution in [3.05, 3.63) is 64.2 Å². The van der Waals surface area contributed by atoms with Gasteiger partial charge in [-0.1, -0.05) is 37.7 Å². The maximum absolute atomic E-state index is 10.6. The summed E-state index contributed by atoms with van der Waals surface area (Å²) >= 11 is 1.60. The van der Waals surface area contributed by atoms with Crippen LogP contribution in [0.2, 0.25) is 0 Å². The van der Waals surface area contributed by atoms with Crippen LogP contribution >= 0.6 is 11.8 Å². The number of hydrogen-bond acceptors (Lipinski definition) is 4. The predicted molar refractivity (Wildman–Crippen MR) is 85.6 cm³/mol. The Hall–Kier alpha value is -1.85. The molecule has 0 amide bonds. The number of nitro groups is 1. The Morgan fingerprint density at radius 1 is 1.05 bits per heavy atom. The summed E-state index contributed by atoms with van der Waals surface area (Å²) in [6.07, 6.45) is 0. The molecule has 0 saturated carbocycles. The summed E-state index contributed by atoms with van der Waals surface area (Å²) in [5.74, 6) is 0. The van der Waals surface area contributed by atoms with Crippen molar-refractivity contribution in [1.82, 2.24) is 5.32 Å². The number of nitrogens with one attached hydrogen (secondary N) is 1. The first-order valence-corrected chi connectivity index (χ1v) is 7.61. The standard InChI is InChI=1S/C16H18N2O2S/c1-12(2)17-11-13-3-7-15(8-4-13)21-16-9-5-14(6-10-16)18(19)20/h3-10,12,17H,11H2,1-2H3. The minimum Gasteiger partial charge on any atom is -0.310 e. The number of nitrogens with zero attached hydrogens (tertiary/aromatic N) is 1. The number of hydrogen-bond donors (Lipinski definition) is 1. The van der Waals surface area contributed by atoms with E-state index in [4.69, 9.17) is 0 Å². The van der Waals surface area contributed by atoms with Crippen LogP contribution in [0, 0.1) is 10.1 Å². The first kappa shape index (κ1) is 15.5. The second kappa shape index (κ2) is 7.24. The van der Waals surface area contributed by atoms with Gasteiger partial charge in [-0.05, 0) is 29.8 Å². The van der Waals surface area contributed by atoms with Crippen LogP contribution in [0.3, 0.4) is 0 Å². The van der Waals surface area contributed by atoms with E-state index in [1.807, 2.05) is 0 Å². The molecule has 0 aliphatic heterocycles. The van der Waals surface area contributed by atoms with Crippen LogP contribution in [-0.2, 0) is 6.54 Å². The third kappa shape index (κ3) is 4.88. The van der Waals surface area contributed by atoms with Crippen LogP contribution in [0.1, 0.15) is 19.4 Å². The predicted octanol–water partition coefficient (Wildman–Crippen LogP) is 4.24. The van der Waals surface area contributed by atoms with Crippen molar-refractivity contribution in [1.29, 1.82) is 0 Å². The molecule has 0 heterocycles. The van der Waals surface area contributed by atoms with E-state index in [0.29, 0.717) is 6.04 Å². The molecule has 1 N–H and O–H groups in total. The van der Waals surface area contributed by atoms with Crippen LogP contribution in [0.4, 0.5) is 5.69 Å². The van der Waals surface area contributed by atoms with Crippen molar-refractivity contribution in [2.75, 3.05) is 0 Å². The van der Waals surface area contributed by atoms with Crippen molar-refractivity contribution in [2.24, 2.45) is 0 Å². The second-order valence-corrected chi connectivity index (χ2v) is 6.18. The van der Waals surface area contributed by atoms with E-state index in [0.717, 1.165) is 16.3 Å². The van der Waals surface area contributed by atoms with Crippen molar-refractivity contribution in [3.63, 3.8) is 0 Å². The summed E-state index contributed by atoms with van der Waals surface area (Å²) in [5.41, 5.74) is 1.37. The molecule has 2 rings (SSSR count). The fourth-order valence-corrected chi connectivity index (χ4v) is 2.59. The Bertz CT molecular complexity index is 595. The Kier molecular flexibility index (Phi) is 5.36. The third-order valence-electron chi connectivity index (χ3n) is 2.92. The van der Waals surface area contributed by atoms with Crippen molar-refractivity contribution in [2.45, 2.75) is 36.2 Å².